The minimum atomic E-state index is 0.350. The predicted molar refractivity (Wildman–Crippen MR) is 71.1 cm³/mol. The predicted octanol–water partition coefficient (Wildman–Crippen LogP) is 3.72. The third kappa shape index (κ3) is 2.15. The van der Waals surface area contributed by atoms with Gasteiger partial charge in [0.25, 0.3) is 0 Å². The van der Waals surface area contributed by atoms with Crippen LogP contribution in [0.3, 0.4) is 0 Å². The van der Waals surface area contributed by atoms with Crippen LogP contribution in [0.1, 0.15) is 21.6 Å². The Hall–Kier alpha value is -1.13. The average Bonchev–Trinajstić information content (AvgIpc) is 2.54. The molecule has 0 fully saturated rings. The molecule has 1 aromatic carbocycles. The van der Waals surface area contributed by atoms with Gasteiger partial charge in [-0.15, -0.1) is 0 Å². The second-order valence-electron chi connectivity index (χ2n) is 3.75. The summed E-state index contributed by atoms with van der Waals surface area (Å²) < 4.78 is 2.58. The first kappa shape index (κ1) is 12.3. The van der Waals surface area contributed by atoms with Crippen molar-refractivity contribution in [2.24, 2.45) is 0 Å². The van der Waals surface area contributed by atoms with E-state index in [4.69, 9.17) is 11.6 Å². The standard InChI is InChI=1S/C12H10BrClN2O/c1-7-5-9(13)3-4-11(7)16-12(14)10(6-17)8(2)15-16/h3-6H,1-2H3. The molecular weight excluding hydrogens is 304 g/mol. The summed E-state index contributed by atoms with van der Waals surface area (Å²) in [7, 11) is 0. The van der Waals surface area contributed by atoms with Crippen molar-refractivity contribution < 1.29 is 4.79 Å². The fourth-order valence-electron chi connectivity index (χ4n) is 1.66. The number of carbonyl (C=O) groups is 1. The number of rotatable bonds is 2. The van der Waals surface area contributed by atoms with Crippen LogP contribution in [0.4, 0.5) is 0 Å². The Morgan fingerprint density at radius 1 is 1.41 bits per heavy atom. The van der Waals surface area contributed by atoms with Gasteiger partial charge in [-0.25, -0.2) is 4.68 Å². The van der Waals surface area contributed by atoms with E-state index in [1.165, 1.54) is 0 Å². The molecule has 17 heavy (non-hydrogen) atoms. The molecule has 0 atom stereocenters. The lowest BCUT2D eigenvalue weighted by Gasteiger charge is -2.07. The Balaban J connectivity index is 2.65. The van der Waals surface area contributed by atoms with Gasteiger partial charge in [-0.05, 0) is 37.6 Å². The number of benzene rings is 1. The van der Waals surface area contributed by atoms with Crippen molar-refractivity contribution in [2.45, 2.75) is 13.8 Å². The van der Waals surface area contributed by atoms with Gasteiger partial charge in [0.1, 0.15) is 5.15 Å². The van der Waals surface area contributed by atoms with Gasteiger partial charge < -0.3 is 0 Å². The van der Waals surface area contributed by atoms with Crippen molar-refractivity contribution in [3.63, 3.8) is 0 Å². The highest BCUT2D eigenvalue weighted by Gasteiger charge is 2.14. The lowest BCUT2D eigenvalue weighted by atomic mass is 10.2. The number of aryl methyl sites for hydroxylation is 2. The molecule has 0 unspecified atom stereocenters. The van der Waals surface area contributed by atoms with Gasteiger partial charge in [-0.2, -0.15) is 5.10 Å². The van der Waals surface area contributed by atoms with E-state index in [1.807, 2.05) is 25.1 Å². The van der Waals surface area contributed by atoms with Crippen LogP contribution < -0.4 is 0 Å². The zero-order valence-corrected chi connectivity index (χ0v) is 11.7. The summed E-state index contributed by atoms with van der Waals surface area (Å²) in [6, 6.07) is 5.80. The highest BCUT2D eigenvalue weighted by Crippen LogP contribution is 2.25. The van der Waals surface area contributed by atoms with Gasteiger partial charge in [0, 0.05) is 4.47 Å². The molecule has 0 saturated carbocycles. The van der Waals surface area contributed by atoms with E-state index in [0.717, 1.165) is 22.0 Å². The Labute approximate surface area is 113 Å². The topological polar surface area (TPSA) is 34.9 Å². The van der Waals surface area contributed by atoms with Crippen LogP contribution in [0.5, 0.6) is 0 Å². The van der Waals surface area contributed by atoms with Gasteiger partial charge in [0.05, 0.1) is 16.9 Å². The summed E-state index contributed by atoms with van der Waals surface area (Å²) in [4.78, 5) is 10.9. The van der Waals surface area contributed by atoms with Crippen molar-refractivity contribution in [3.05, 3.63) is 44.6 Å². The van der Waals surface area contributed by atoms with E-state index in [-0.39, 0.29) is 0 Å². The highest BCUT2D eigenvalue weighted by atomic mass is 79.9. The second kappa shape index (κ2) is 4.63. The molecule has 0 N–H and O–H groups in total. The Morgan fingerprint density at radius 2 is 2.12 bits per heavy atom. The average molecular weight is 314 g/mol. The summed E-state index contributed by atoms with van der Waals surface area (Å²) in [6.45, 7) is 3.73. The smallest absolute Gasteiger partial charge is 0.155 e. The molecule has 1 aromatic heterocycles. The van der Waals surface area contributed by atoms with Crippen molar-refractivity contribution in [1.29, 1.82) is 0 Å². The fourth-order valence-corrected chi connectivity index (χ4v) is 2.45. The molecule has 0 aliphatic rings. The molecule has 88 valence electrons. The number of hydrogen-bond donors (Lipinski definition) is 0. The molecule has 0 spiro atoms. The molecule has 0 radical (unpaired) electrons. The van der Waals surface area contributed by atoms with Crippen LogP contribution in [-0.4, -0.2) is 16.1 Å². The maximum atomic E-state index is 10.9. The Kier molecular flexibility index (Phi) is 3.35. The SMILES string of the molecule is Cc1cc(Br)ccc1-n1nc(C)c(C=O)c1Cl. The van der Waals surface area contributed by atoms with Crippen LogP contribution in [0.2, 0.25) is 5.15 Å². The van der Waals surface area contributed by atoms with Gasteiger partial charge in [0.15, 0.2) is 6.29 Å². The summed E-state index contributed by atoms with van der Waals surface area (Å²) in [6.07, 6.45) is 0.732. The number of carbonyl (C=O) groups excluding carboxylic acids is 1. The van der Waals surface area contributed by atoms with E-state index >= 15 is 0 Å². The zero-order valence-electron chi connectivity index (χ0n) is 9.37. The van der Waals surface area contributed by atoms with Crippen molar-refractivity contribution in [2.75, 3.05) is 0 Å². The van der Waals surface area contributed by atoms with Crippen molar-refractivity contribution >= 4 is 33.8 Å². The molecule has 5 heteroatoms. The van der Waals surface area contributed by atoms with Crippen LogP contribution in [0, 0.1) is 13.8 Å². The molecule has 0 aliphatic carbocycles. The summed E-state index contributed by atoms with van der Waals surface area (Å²) in [5.41, 5.74) is 2.97. The molecular formula is C12H10BrClN2O. The summed E-state index contributed by atoms with van der Waals surface area (Å²) >= 11 is 9.54. The Bertz CT molecular complexity index is 592. The zero-order chi connectivity index (χ0) is 12.6. The quantitative estimate of drug-likeness (QED) is 0.792. The van der Waals surface area contributed by atoms with Gasteiger partial charge in [0.2, 0.25) is 0 Å². The number of hydrogen-bond acceptors (Lipinski definition) is 2. The minimum absolute atomic E-state index is 0.350. The number of halogens is 2. The van der Waals surface area contributed by atoms with Crippen LogP contribution >= 0.6 is 27.5 Å². The fraction of sp³-hybridized carbons (Fsp3) is 0.167. The third-order valence-corrected chi connectivity index (χ3v) is 3.41. The molecule has 2 aromatic rings. The van der Waals surface area contributed by atoms with Crippen molar-refractivity contribution in [3.8, 4) is 5.69 Å². The van der Waals surface area contributed by atoms with E-state index in [1.54, 1.807) is 11.6 Å². The molecule has 1 heterocycles. The Morgan fingerprint density at radius 3 is 2.65 bits per heavy atom. The van der Waals surface area contributed by atoms with E-state index < -0.39 is 0 Å². The monoisotopic (exact) mass is 312 g/mol. The maximum absolute atomic E-state index is 10.9. The maximum Gasteiger partial charge on any atom is 0.155 e. The largest absolute Gasteiger partial charge is 0.298 e. The van der Waals surface area contributed by atoms with Crippen molar-refractivity contribution in [1.82, 2.24) is 9.78 Å². The van der Waals surface area contributed by atoms with Gasteiger partial charge in [-0.3, -0.25) is 4.79 Å². The first-order valence-electron chi connectivity index (χ1n) is 5.01. The molecule has 3 nitrogen and oxygen atoms in total. The summed E-state index contributed by atoms with van der Waals surface area (Å²) in [5.74, 6) is 0. The first-order valence-corrected chi connectivity index (χ1v) is 6.18. The van der Waals surface area contributed by atoms with Gasteiger partial charge >= 0.3 is 0 Å². The lowest BCUT2D eigenvalue weighted by molar-refractivity contribution is 0.112. The lowest BCUT2D eigenvalue weighted by Crippen LogP contribution is -1.99. The number of aromatic nitrogens is 2. The van der Waals surface area contributed by atoms with Crippen LogP contribution in [0.25, 0.3) is 5.69 Å². The van der Waals surface area contributed by atoms with Crippen LogP contribution in [-0.2, 0) is 0 Å². The molecule has 0 bridgehead atoms. The molecule has 0 saturated heterocycles. The third-order valence-electron chi connectivity index (χ3n) is 2.55. The normalized spacial score (nSPS) is 10.6. The van der Waals surface area contributed by atoms with E-state index in [2.05, 4.69) is 21.0 Å². The number of aldehydes is 1. The summed E-state index contributed by atoms with van der Waals surface area (Å²) in [5, 5.41) is 4.63. The molecule has 2 rings (SSSR count). The highest BCUT2D eigenvalue weighted by molar-refractivity contribution is 9.10. The molecule has 0 amide bonds. The van der Waals surface area contributed by atoms with Gasteiger partial charge in [-0.1, -0.05) is 27.5 Å². The second-order valence-corrected chi connectivity index (χ2v) is 5.02. The molecule has 0 aliphatic heterocycles. The van der Waals surface area contributed by atoms with E-state index in [9.17, 15) is 4.79 Å². The minimum Gasteiger partial charge on any atom is -0.298 e. The van der Waals surface area contributed by atoms with Crippen LogP contribution in [0.15, 0.2) is 22.7 Å². The number of nitrogens with zero attached hydrogens (tertiary/aromatic N) is 2. The first-order chi connectivity index (χ1) is 8.04. The van der Waals surface area contributed by atoms with E-state index in [0.29, 0.717) is 16.4 Å².